The Kier molecular flexibility index (Phi) is 29.9. The predicted molar refractivity (Wildman–Crippen MR) is 123 cm³/mol. The Morgan fingerprint density at radius 1 is 0.594 bits per heavy atom. The number of carbonyl (C=O) groups is 3. The first-order chi connectivity index (χ1) is 14.8. The summed E-state index contributed by atoms with van der Waals surface area (Å²) in [6.45, 7) is 12.3. The first-order valence-electron chi connectivity index (χ1n) is 12.2. The Labute approximate surface area is 232 Å². The van der Waals surface area contributed by atoms with Crippen molar-refractivity contribution in [1.29, 1.82) is 0 Å². The summed E-state index contributed by atoms with van der Waals surface area (Å²) < 4.78 is 10.6. The summed E-state index contributed by atoms with van der Waals surface area (Å²) >= 11 is -2.05. The molecule has 0 rings (SSSR count). The molecule has 0 unspecified atom stereocenters. The van der Waals surface area contributed by atoms with Gasteiger partial charge in [-0.1, -0.05) is 26.7 Å². The van der Waals surface area contributed by atoms with Crippen LogP contribution in [0, 0.1) is 17.8 Å². The van der Waals surface area contributed by atoms with E-state index in [1.807, 2.05) is 13.8 Å². The molecular weight excluding hydrogens is 614 g/mol. The van der Waals surface area contributed by atoms with Gasteiger partial charge in [-0.3, -0.25) is 0 Å². The number of hydrogen-bond acceptors (Lipinski definition) is 6. The largest absolute Gasteiger partial charge is 1.00 e. The molecule has 0 fully saturated rings. The normalized spacial score (nSPS) is 10.4. The zero-order valence-electron chi connectivity index (χ0n) is 21.7. The predicted octanol–water partition coefficient (Wildman–Crippen LogP) is 2.00. The minimum atomic E-state index is -2.05. The van der Waals surface area contributed by atoms with Crippen molar-refractivity contribution in [3.8, 4) is 0 Å². The quantitative estimate of drug-likeness (QED) is 0.222. The number of aliphatic carboxylic acids is 1. The topological polar surface area (TPSA) is 92.7 Å². The van der Waals surface area contributed by atoms with Crippen LogP contribution in [0.2, 0.25) is 0 Å². The Balaban J connectivity index is -0.000000646. The molecule has 32 heavy (non-hydrogen) atoms. The second-order valence-electron chi connectivity index (χ2n) is 8.07. The van der Waals surface area contributed by atoms with Crippen LogP contribution in [-0.2, 0) is 19.8 Å². The fourth-order valence-electron chi connectivity index (χ4n) is 3.50. The molecule has 8 heteroatoms. The second kappa shape index (κ2) is 25.9. The van der Waals surface area contributed by atoms with Crippen LogP contribution < -0.4 is 34.7 Å². The Morgan fingerprint density at radius 3 is 1.06 bits per heavy atom. The van der Waals surface area contributed by atoms with Crippen LogP contribution in [-0.4, -0.2) is 43.0 Å². The standard InChI is InChI=1S/3C8H16O2.Na.Pb/c3*1-3-5-7(6-4-2)8(9)10;;/h3*7H,3-6H2,1-2H3,(H,9,10);;/q;;;+1;+2/p-3. The van der Waals surface area contributed by atoms with E-state index < -0.39 is 31.1 Å². The third-order valence-electron chi connectivity index (χ3n) is 5.11. The van der Waals surface area contributed by atoms with E-state index >= 15 is 0 Å². The number of rotatable bonds is 17. The van der Waals surface area contributed by atoms with E-state index in [0.717, 1.165) is 77.0 Å². The van der Waals surface area contributed by atoms with Crippen LogP contribution in [0.3, 0.4) is 0 Å². The molecule has 0 aliphatic heterocycles. The van der Waals surface area contributed by atoms with Crippen molar-refractivity contribution in [2.45, 2.75) is 119 Å². The molecule has 0 aromatic carbocycles. The summed E-state index contributed by atoms with van der Waals surface area (Å²) in [5.74, 6) is -1.45. The van der Waals surface area contributed by atoms with Crippen LogP contribution in [0.15, 0.2) is 0 Å². The number of hydrogen-bond donors (Lipinski definition) is 0. The van der Waals surface area contributed by atoms with Gasteiger partial charge < -0.3 is 9.90 Å². The minimum absolute atomic E-state index is 0. The fourth-order valence-corrected chi connectivity index (χ4v) is 5.60. The fraction of sp³-hybridized carbons (Fsp3) is 0.875. The van der Waals surface area contributed by atoms with Gasteiger partial charge in [0, 0.05) is 5.97 Å². The van der Waals surface area contributed by atoms with Crippen molar-refractivity contribution in [3.63, 3.8) is 0 Å². The van der Waals surface area contributed by atoms with Crippen LogP contribution in [0.25, 0.3) is 0 Å². The van der Waals surface area contributed by atoms with E-state index in [9.17, 15) is 19.5 Å². The van der Waals surface area contributed by atoms with Gasteiger partial charge in [0.05, 0.1) is 0 Å². The molecule has 0 saturated carbocycles. The van der Waals surface area contributed by atoms with Gasteiger partial charge in [-0.15, -0.1) is 0 Å². The summed E-state index contributed by atoms with van der Waals surface area (Å²) in [7, 11) is 0. The molecule has 0 amide bonds. The molecular formula is C24H45NaO6Pb. The molecule has 0 aliphatic carbocycles. The maximum Gasteiger partial charge on any atom is 1.00 e. The summed E-state index contributed by atoms with van der Waals surface area (Å²) in [5, 5.41) is 10.4. The summed E-state index contributed by atoms with van der Waals surface area (Å²) in [5.41, 5.74) is 0. The zero-order valence-corrected chi connectivity index (χ0v) is 27.6. The Morgan fingerprint density at radius 2 is 0.844 bits per heavy atom. The van der Waals surface area contributed by atoms with Gasteiger partial charge in [0.15, 0.2) is 0 Å². The van der Waals surface area contributed by atoms with E-state index in [4.69, 9.17) is 5.37 Å². The molecule has 2 radical (unpaired) electrons. The minimum Gasteiger partial charge on any atom is 1.00 e. The molecule has 0 aliphatic rings. The van der Waals surface area contributed by atoms with Crippen LogP contribution in [0.1, 0.15) is 119 Å². The second-order valence-corrected chi connectivity index (χ2v) is 10.3. The summed E-state index contributed by atoms with van der Waals surface area (Å²) in [6.07, 6.45) is 10.7. The van der Waals surface area contributed by atoms with Crippen molar-refractivity contribution in [2.75, 3.05) is 0 Å². The van der Waals surface area contributed by atoms with Crippen molar-refractivity contribution in [2.24, 2.45) is 17.8 Å². The summed E-state index contributed by atoms with van der Waals surface area (Å²) in [4.78, 5) is 34.3. The van der Waals surface area contributed by atoms with Gasteiger partial charge in [-0.25, -0.2) is 0 Å². The summed E-state index contributed by atoms with van der Waals surface area (Å²) in [6, 6.07) is 0. The number of carboxylic acid groups (broad SMARTS) is 1. The Hall–Kier alpha value is 0.332. The van der Waals surface area contributed by atoms with Gasteiger partial charge in [-0.05, 0) is 18.8 Å². The molecule has 0 saturated heterocycles. The number of carbonyl (C=O) groups excluding carboxylic acids is 3. The van der Waals surface area contributed by atoms with Gasteiger partial charge in [0.2, 0.25) is 0 Å². The Bertz CT molecular complexity index is 429. The van der Waals surface area contributed by atoms with Crippen LogP contribution >= 0.6 is 0 Å². The number of carboxylic acids is 1. The van der Waals surface area contributed by atoms with Gasteiger partial charge in [0.25, 0.3) is 0 Å². The van der Waals surface area contributed by atoms with Gasteiger partial charge in [-0.2, -0.15) is 0 Å². The first-order valence-corrected chi connectivity index (χ1v) is 15.4. The van der Waals surface area contributed by atoms with Gasteiger partial charge in [0.1, 0.15) is 0 Å². The molecule has 0 heterocycles. The molecule has 182 valence electrons. The van der Waals surface area contributed by atoms with E-state index in [1.165, 1.54) is 0 Å². The molecule has 0 N–H and O–H groups in total. The van der Waals surface area contributed by atoms with Gasteiger partial charge >= 0.3 is 172 Å². The van der Waals surface area contributed by atoms with E-state index in [0.29, 0.717) is 0 Å². The third-order valence-corrected chi connectivity index (χ3v) is 7.32. The van der Waals surface area contributed by atoms with Crippen LogP contribution in [0.5, 0.6) is 0 Å². The van der Waals surface area contributed by atoms with Crippen molar-refractivity contribution in [3.05, 3.63) is 0 Å². The average Bonchev–Trinajstić information content (AvgIpc) is 2.73. The smallest absolute Gasteiger partial charge is 1.00 e. The monoisotopic (exact) mass is 660 g/mol. The molecule has 0 atom stereocenters. The molecule has 0 bridgehead atoms. The maximum atomic E-state index is 12.0. The molecule has 0 aromatic heterocycles. The van der Waals surface area contributed by atoms with Crippen molar-refractivity contribution in [1.82, 2.24) is 0 Å². The van der Waals surface area contributed by atoms with Crippen LogP contribution in [0.4, 0.5) is 0 Å². The van der Waals surface area contributed by atoms with Crippen molar-refractivity contribution < 1.29 is 54.4 Å². The zero-order chi connectivity index (χ0) is 24.1. The average molecular weight is 660 g/mol. The third kappa shape index (κ3) is 19.8. The van der Waals surface area contributed by atoms with Crippen molar-refractivity contribution >= 4 is 43.0 Å². The van der Waals surface area contributed by atoms with E-state index in [1.54, 1.807) is 0 Å². The van der Waals surface area contributed by atoms with E-state index in [-0.39, 0.29) is 59.2 Å². The molecule has 6 nitrogen and oxygen atoms in total. The SMILES string of the molecule is CCCC(CCC)C(=O)[O-].CCCC(CCC)C(=O)[O][Pb][O]C(=O)C(CCC)CCC.[Na+]. The van der Waals surface area contributed by atoms with E-state index in [2.05, 4.69) is 27.7 Å². The molecule has 0 aromatic rings. The maximum absolute atomic E-state index is 12.0. The first kappa shape index (κ1) is 36.9. The molecule has 0 spiro atoms.